The predicted molar refractivity (Wildman–Crippen MR) is 160 cm³/mol. The highest BCUT2D eigenvalue weighted by molar-refractivity contribution is 6.23. The molecule has 2 fully saturated rings. The molecule has 4 atom stereocenters. The molecule has 0 radical (unpaired) electrons. The van der Waals surface area contributed by atoms with Crippen molar-refractivity contribution in [2.45, 2.75) is 13.3 Å². The van der Waals surface area contributed by atoms with Crippen LogP contribution in [0.3, 0.4) is 0 Å². The number of allylic oxidation sites excluding steroid dienone is 2. The first-order valence-electron chi connectivity index (χ1n) is 14.2. The molecule has 0 spiro atoms. The maximum atomic E-state index is 13.3. The summed E-state index contributed by atoms with van der Waals surface area (Å²) in [6, 6.07) is 19.1. The Kier molecular flexibility index (Phi) is 6.42. The van der Waals surface area contributed by atoms with Crippen LogP contribution in [0.15, 0.2) is 84.9 Å². The number of fused-ring (bicyclic) bond motifs is 6. The summed E-state index contributed by atoms with van der Waals surface area (Å²) in [5, 5.41) is 11.6. The molecular formula is C34H25N3O7. The first kappa shape index (κ1) is 27.3. The molecule has 10 nitrogen and oxygen atoms in total. The van der Waals surface area contributed by atoms with Crippen LogP contribution in [0.5, 0.6) is 0 Å². The van der Waals surface area contributed by atoms with Crippen molar-refractivity contribution in [2.75, 3.05) is 11.5 Å². The fourth-order valence-corrected chi connectivity index (χ4v) is 6.73. The number of Topliss-reactive ketones (excluding diaryl/α,β-unsaturated/α-hetero) is 1. The van der Waals surface area contributed by atoms with Gasteiger partial charge in [-0.2, -0.15) is 0 Å². The third kappa shape index (κ3) is 4.38. The van der Waals surface area contributed by atoms with Gasteiger partial charge in [-0.25, -0.2) is 9.78 Å². The SMILES string of the molecule is Cc1cccc2c(C(=O)OCC(=O)c3cccc([N+](=O)[O-])c3)cc(-c3ccc(N4C(=O)C5C6C=CC(C6)C5C4=O)cc3)nc12. The first-order valence-corrected chi connectivity index (χ1v) is 14.2. The number of nitrogens with zero attached hydrogens (tertiary/aromatic N) is 3. The number of non-ortho nitro benzene ring substituents is 1. The number of ether oxygens (including phenoxy) is 1. The molecular weight excluding hydrogens is 562 g/mol. The fourth-order valence-electron chi connectivity index (χ4n) is 6.73. The highest BCUT2D eigenvalue weighted by atomic mass is 16.6. The number of benzene rings is 3. The van der Waals surface area contributed by atoms with Gasteiger partial charge >= 0.3 is 5.97 Å². The van der Waals surface area contributed by atoms with Crippen molar-refractivity contribution in [3.8, 4) is 11.3 Å². The minimum Gasteiger partial charge on any atom is -0.454 e. The first-order chi connectivity index (χ1) is 21.2. The summed E-state index contributed by atoms with van der Waals surface area (Å²) in [7, 11) is 0. The molecule has 3 aliphatic rings. The van der Waals surface area contributed by atoms with Crippen LogP contribution in [0, 0.1) is 40.7 Å². The standard InChI is InChI=1S/C34H25N3O7/c1-18-4-2-7-25-26(34(41)44-17-28(38)20-5-3-6-24(15-20)37(42)43)16-27(35-31(18)25)19-10-12-23(13-11-19)36-32(39)29-21-8-9-22(14-21)30(29)33(36)40/h2-13,15-16,21-22,29-30H,14,17H2,1H3. The molecule has 1 aliphatic heterocycles. The molecule has 2 bridgehead atoms. The third-order valence-electron chi connectivity index (χ3n) is 8.87. The van der Waals surface area contributed by atoms with Crippen LogP contribution >= 0.6 is 0 Å². The number of imide groups is 1. The van der Waals surface area contributed by atoms with E-state index < -0.39 is 23.3 Å². The zero-order valence-electron chi connectivity index (χ0n) is 23.5. The molecule has 2 amide bonds. The van der Waals surface area contributed by atoms with Gasteiger partial charge in [0.15, 0.2) is 6.61 Å². The zero-order chi connectivity index (χ0) is 30.7. The number of hydrogen-bond acceptors (Lipinski definition) is 8. The lowest BCUT2D eigenvalue weighted by Gasteiger charge is -2.18. The highest BCUT2D eigenvalue weighted by Gasteiger charge is 2.59. The number of aromatic nitrogens is 1. The Morgan fingerprint density at radius 1 is 0.955 bits per heavy atom. The number of anilines is 1. The van der Waals surface area contributed by atoms with Crippen molar-refractivity contribution in [3.63, 3.8) is 0 Å². The summed E-state index contributed by atoms with van der Waals surface area (Å²) >= 11 is 0. The Bertz CT molecular complexity index is 1920. The maximum absolute atomic E-state index is 13.3. The van der Waals surface area contributed by atoms with Crippen LogP contribution < -0.4 is 4.90 Å². The molecule has 0 N–H and O–H groups in total. The number of ketones is 1. The van der Waals surface area contributed by atoms with E-state index in [1.54, 1.807) is 42.5 Å². The van der Waals surface area contributed by atoms with E-state index in [1.165, 1.54) is 23.1 Å². The number of amides is 2. The Balaban J connectivity index is 1.16. The van der Waals surface area contributed by atoms with Crippen LogP contribution in [-0.4, -0.2) is 40.1 Å². The molecule has 4 aromatic rings. The van der Waals surface area contributed by atoms with Gasteiger partial charge in [-0.3, -0.25) is 29.4 Å². The van der Waals surface area contributed by atoms with E-state index in [1.807, 2.05) is 13.0 Å². The number of carbonyl (C=O) groups is 4. The van der Waals surface area contributed by atoms with Gasteiger partial charge < -0.3 is 4.74 Å². The van der Waals surface area contributed by atoms with E-state index in [-0.39, 0.29) is 52.3 Å². The van der Waals surface area contributed by atoms with Crippen molar-refractivity contribution in [1.29, 1.82) is 0 Å². The summed E-state index contributed by atoms with van der Waals surface area (Å²) in [4.78, 5) is 69.1. The Labute approximate surface area is 251 Å². The lowest BCUT2D eigenvalue weighted by atomic mass is 9.85. The van der Waals surface area contributed by atoms with Gasteiger partial charge in [0.05, 0.1) is 39.2 Å². The molecule has 4 unspecified atom stereocenters. The Hall–Kier alpha value is -5.51. The summed E-state index contributed by atoms with van der Waals surface area (Å²) in [5.41, 5.74) is 3.04. The number of nitro benzene ring substituents is 1. The van der Waals surface area contributed by atoms with E-state index in [0.717, 1.165) is 18.1 Å². The minimum atomic E-state index is -0.748. The normalized spacial score (nSPS) is 21.6. The van der Waals surface area contributed by atoms with E-state index in [2.05, 4.69) is 12.2 Å². The third-order valence-corrected chi connectivity index (χ3v) is 8.87. The van der Waals surface area contributed by atoms with Crippen LogP contribution in [0.2, 0.25) is 0 Å². The zero-order valence-corrected chi connectivity index (χ0v) is 23.5. The van der Waals surface area contributed by atoms with Gasteiger partial charge in [-0.1, -0.05) is 54.6 Å². The van der Waals surface area contributed by atoms with Crippen LogP contribution in [0.1, 0.15) is 32.7 Å². The van der Waals surface area contributed by atoms with E-state index in [4.69, 9.17) is 9.72 Å². The van der Waals surface area contributed by atoms with Crippen molar-refractivity contribution >= 4 is 45.8 Å². The number of pyridine rings is 1. The largest absolute Gasteiger partial charge is 0.454 e. The molecule has 1 aromatic heterocycles. The number of carbonyl (C=O) groups excluding carboxylic acids is 4. The van der Waals surface area contributed by atoms with Crippen molar-refractivity contribution in [2.24, 2.45) is 23.7 Å². The molecule has 2 heterocycles. The molecule has 10 heteroatoms. The van der Waals surface area contributed by atoms with E-state index >= 15 is 0 Å². The van der Waals surface area contributed by atoms with Gasteiger partial charge in [-0.05, 0) is 48.9 Å². The van der Waals surface area contributed by atoms with Crippen molar-refractivity contribution in [3.05, 3.63) is 112 Å². The van der Waals surface area contributed by atoms with E-state index in [9.17, 15) is 29.3 Å². The molecule has 3 aromatic carbocycles. The van der Waals surface area contributed by atoms with Crippen LogP contribution in [0.4, 0.5) is 11.4 Å². The summed E-state index contributed by atoms with van der Waals surface area (Å²) in [6.45, 7) is 1.27. The number of esters is 1. The quantitative estimate of drug-likeness (QED) is 0.0693. The number of hydrogen-bond donors (Lipinski definition) is 0. The van der Waals surface area contributed by atoms with Crippen molar-refractivity contribution in [1.82, 2.24) is 4.98 Å². The predicted octanol–water partition coefficient (Wildman–Crippen LogP) is 5.47. The Morgan fingerprint density at radius 2 is 1.64 bits per heavy atom. The lowest BCUT2D eigenvalue weighted by molar-refractivity contribution is -0.384. The average molecular weight is 588 g/mol. The smallest absolute Gasteiger partial charge is 0.339 e. The lowest BCUT2D eigenvalue weighted by Crippen LogP contribution is -2.32. The second kappa shape index (κ2) is 10.3. The summed E-state index contributed by atoms with van der Waals surface area (Å²) < 4.78 is 5.38. The van der Waals surface area contributed by atoms with Crippen LogP contribution in [-0.2, 0) is 14.3 Å². The molecule has 2 aliphatic carbocycles. The topological polar surface area (TPSA) is 137 Å². The molecule has 1 saturated heterocycles. The van der Waals surface area contributed by atoms with E-state index in [0.29, 0.717) is 27.8 Å². The fraction of sp³-hybridized carbons (Fsp3) is 0.206. The maximum Gasteiger partial charge on any atom is 0.339 e. The number of rotatable bonds is 7. The average Bonchev–Trinajstić information content (AvgIpc) is 3.73. The number of aryl methyl sites for hydroxylation is 1. The second-order valence-electron chi connectivity index (χ2n) is 11.4. The minimum absolute atomic E-state index is 0.0609. The molecule has 7 rings (SSSR count). The second-order valence-corrected chi connectivity index (χ2v) is 11.4. The van der Waals surface area contributed by atoms with Gasteiger partial charge in [0.2, 0.25) is 17.6 Å². The molecule has 1 saturated carbocycles. The Morgan fingerprint density at radius 3 is 2.32 bits per heavy atom. The van der Waals surface area contributed by atoms with Gasteiger partial charge in [0.25, 0.3) is 5.69 Å². The van der Waals surface area contributed by atoms with Gasteiger partial charge in [-0.15, -0.1) is 0 Å². The summed E-state index contributed by atoms with van der Waals surface area (Å²) in [6.07, 6.45) is 4.98. The molecule has 44 heavy (non-hydrogen) atoms. The number of nitro groups is 1. The number of para-hydroxylation sites is 1. The monoisotopic (exact) mass is 587 g/mol. The summed E-state index contributed by atoms with van der Waals surface area (Å²) in [5.74, 6) is -1.98. The van der Waals surface area contributed by atoms with Crippen LogP contribution in [0.25, 0.3) is 22.2 Å². The van der Waals surface area contributed by atoms with Gasteiger partial charge in [0, 0.05) is 28.6 Å². The molecule has 218 valence electrons. The van der Waals surface area contributed by atoms with Crippen molar-refractivity contribution < 1.29 is 28.8 Å². The van der Waals surface area contributed by atoms with Gasteiger partial charge in [0.1, 0.15) is 0 Å². The highest BCUT2D eigenvalue weighted by Crippen LogP contribution is 2.53.